The SMILES string of the molecule is COC(=O)C1CCC(CNC2=CCCC=C2N)CC1. The summed E-state index contributed by atoms with van der Waals surface area (Å²) in [5.74, 6) is 0.699. The molecule has 1 saturated carbocycles. The molecule has 0 radical (unpaired) electrons. The standard InChI is InChI=1S/C15H24N2O2/c1-19-15(18)12-8-6-11(7-9-12)10-17-14-5-3-2-4-13(14)16/h4-5,11-12,17H,2-3,6-10,16H2,1H3. The van der Waals surface area contributed by atoms with E-state index in [-0.39, 0.29) is 11.9 Å². The van der Waals surface area contributed by atoms with Gasteiger partial charge in [-0.05, 0) is 44.4 Å². The number of hydrogen-bond acceptors (Lipinski definition) is 4. The van der Waals surface area contributed by atoms with Crippen LogP contribution in [0, 0.1) is 11.8 Å². The number of ether oxygens (including phenoxy) is 1. The van der Waals surface area contributed by atoms with Gasteiger partial charge in [-0.1, -0.05) is 12.2 Å². The van der Waals surface area contributed by atoms with Gasteiger partial charge >= 0.3 is 5.97 Å². The van der Waals surface area contributed by atoms with Crippen LogP contribution in [0.15, 0.2) is 23.5 Å². The Bertz CT molecular complexity index is 380. The molecule has 0 aliphatic heterocycles. The van der Waals surface area contributed by atoms with Crippen LogP contribution in [0.2, 0.25) is 0 Å². The van der Waals surface area contributed by atoms with Crippen molar-refractivity contribution >= 4 is 5.97 Å². The lowest BCUT2D eigenvalue weighted by Crippen LogP contribution is -2.30. The van der Waals surface area contributed by atoms with E-state index in [1.165, 1.54) is 7.11 Å². The molecule has 0 spiro atoms. The van der Waals surface area contributed by atoms with Gasteiger partial charge in [-0.15, -0.1) is 0 Å². The molecule has 0 unspecified atom stereocenters. The number of methoxy groups -OCH3 is 1. The van der Waals surface area contributed by atoms with E-state index in [1.807, 2.05) is 0 Å². The highest BCUT2D eigenvalue weighted by molar-refractivity contribution is 5.72. The molecule has 0 bridgehead atoms. The molecule has 2 aliphatic carbocycles. The maximum atomic E-state index is 11.5. The van der Waals surface area contributed by atoms with Crippen molar-refractivity contribution in [2.75, 3.05) is 13.7 Å². The third-order valence-corrected chi connectivity index (χ3v) is 4.15. The van der Waals surface area contributed by atoms with Crippen molar-refractivity contribution in [1.29, 1.82) is 0 Å². The monoisotopic (exact) mass is 264 g/mol. The van der Waals surface area contributed by atoms with Crippen molar-refractivity contribution in [3.05, 3.63) is 23.5 Å². The highest BCUT2D eigenvalue weighted by Gasteiger charge is 2.26. The number of carbonyl (C=O) groups excluding carboxylic acids is 1. The van der Waals surface area contributed by atoms with E-state index < -0.39 is 0 Å². The summed E-state index contributed by atoms with van der Waals surface area (Å²) in [6.07, 6.45) is 10.4. The van der Waals surface area contributed by atoms with Crippen LogP contribution in [-0.2, 0) is 9.53 Å². The number of rotatable bonds is 4. The molecule has 0 amide bonds. The molecule has 0 aromatic rings. The summed E-state index contributed by atoms with van der Waals surface area (Å²) in [4.78, 5) is 11.5. The molecular formula is C15H24N2O2. The lowest BCUT2D eigenvalue weighted by Gasteiger charge is -2.28. The molecule has 19 heavy (non-hydrogen) atoms. The van der Waals surface area contributed by atoms with Crippen molar-refractivity contribution in [2.45, 2.75) is 38.5 Å². The van der Waals surface area contributed by atoms with E-state index in [2.05, 4.69) is 17.5 Å². The third kappa shape index (κ3) is 3.75. The van der Waals surface area contributed by atoms with Gasteiger partial charge in [0.2, 0.25) is 0 Å². The number of nitrogens with one attached hydrogen (secondary N) is 1. The Balaban J connectivity index is 1.73. The number of esters is 1. The minimum Gasteiger partial charge on any atom is -0.469 e. The number of allylic oxidation sites excluding steroid dienone is 2. The van der Waals surface area contributed by atoms with E-state index in [0.29, 0.717) is 5.92 Å². The molecule has 4 heteroatoms. The Morgan fingerprint density at radius 1 is 1.32 bits per heavy atom. The smallest absolute Gasteiger partial charge is 0.308 e. The Labute approximate surface area is 115 Å². The highest BCUT2D eigenvalue weighted by atomic mass is 16.5. The van der Waals surface area contributed by atoms with E-state index in [0.717, 1.165) is 56.5 Å². The Kier molecular flexibility index (Phi) is 4.88. The first-order chi connectivity index (χ1) is 9.20. The second kappa shape index (κ2) is 6.64. The molecule has 0 atom stereocenters. The lowest BCUT2D eigenvalue weighted by atomic mass is 9.82. The van der Waals surface area contributed by atoms with Crippen molar-refractivity contribution in [1.82, 2.24) is 5.32 Å². The van der Waals surface area contributed by atoms with Crippen LogP contribution in [0.1, 0.15) is 38.5 Å². The quantitative estimate of drug-likeness (QED) is 0.763. The maximum Gasteiger partial charge on any atom is 0.308 e. The molecule has 3 N–H and O–H groups in total. The zero-order valence-corrected chi connectivity index (χ0v) is 11.7. The van der Waals surface area contributed by atoms with E-state index in [4.69, 9.17) is 10.5 Å². The lowest BCUT2D eigenvalue weighted by molar-refractivity contribution is -0.146. The molecule has 4 nitrogen and oxygen atoms in total. The molecule has 2 rings (SSSR count). The first-order valence-electron chi connectivity index (χ1n) is 7.18. The number of carbonyl (C=O) groups is 1. The Morgan fingerprint density at radius 2 is 2.00 bits per heavy atom. The van der Waals surface area contributed by atoms with E-state index in [1.54, 1.807) is 0 Å². The minimum atomic E-state index is -0.0476. The fraction of sp³-hybridized carbons (Fsp3) is 0.667. The average molecular weight is 264 g/mol. The first-order valence-corrected chi connectivity index (χ1v) is 7.18. The van der Waals surface area contributed by atoms with Gasteiger partial charge < -0.3 is 15.8 Å². The predicted octanol–water partition coefficient (Wildman–Crippen LogP) is 2.08. The zero-order valence-electron chi connectivity index (χ0n) is 11.7. The van der Waals surface area contributed by atoms with Gasteiger partial charge in [-0.25, -0.2) is 0 Å². The summed E-state index contributed by atoms with van der Waals surface area (Å²) < 4.78 is 4.81. The maximum absolute atomic E-state index is 11.5. The van der Waals surface area contributed by atoms with Gasteiger partial charge in [0.05, 0.1) is 24.4 Å². The summed E-state index contributed by atoms with van der Waals surface area (Å²) in [7, 11) is 1.47. The van der Waals surface area contributed by atoms with Crippen molar-refractivity contribution in [3.63, 3.8) is 0 Å². The molecular weight excluding hydrogens is 240 g/mol. The predicted molar refractivity (Wildman–Crippen MR) is 75.1 cm³/mol. The fourth-order valence-electron chi connectivity index (χ4n) is 2.89. The Morgan fingerprint density at radius 3 is 2.63 bits per heavy atom. The van der Waals surface area contributed by atoms with Gasteiger partial charge in [0.15, 0.2) is 0 Å². The normalized spacial score (nSPS) is 27.2. The van der Waals surface area contributed by atoms with Gasteiger partial charge in [0.1, 0.15) is 0 Å². The van der Waals surface area contributed by atoms with Crippen molar-refractivity contribution in [3.8, 4) is 0 Å². The van der Waals surface area contributed by atoms with Crippen molar-refractivity contribution in [2.24, 2.45) is 17.6 Å². The Hall–Kier alpha value is -1.45. The van der Waals surface area contributed by atoms with Crippen LogP contribution < -0.4 is 11.1 Å². The molecule has 0 heterocycles. The summed E-state index contributed by atoms with van der Waals surface area (Å²) in [5, 5.41) is 3.45. The average Bonchev–Trinajstić information content (AvgIpc) is 2.46. The second-order valence-corrected chi connectivity index (χ2v) is 5.48. The fourth-order valence-corrected chi connectivity index (χ4v) is 2.89. The molecule has 106 valence electrons. The molecule has 2 aliphatic rings. The molecule has 0 saturated heterocycles. The van der Waals surface area contributed by atoms with Crippen LogP contribution in [-0.4, -0.2) is 19.6 Å². The van der Waals surface area contributed by atoms with Crippen LogP contribution in [0.4, 0.5) is 0 Å². The first kappa shape index (κ1) is 14.0. The van der Waals surface area contributed by atoms with Crippen LogP contribution in [0.3, 0.4) is 0 Å². The summed E-state index contributed by atoms with van der Waals surface area (Å²) in [6.45, 7) is 0.953. The molecule has 0 aromatic carbocycles. The highest BCUT2D eigenvalue weighted by Crippen LogP contribution is 2.29. The van der Waals surface area contributed by atoms with E-state index >= 15 is 0 Å². The molecule has 0 aromatic heterocycles. The van der Waals surface area contributed by atoms with Crippen molar-refractivity contribution < 1.29 is 9.53 Å². The second-order valence-electron chi connectivity index (χ2n) is 5.48. The van der Waals surface area contributed by atoms with Gasteiger partial charge in [0, 0.05) is 6.54 Å². The van der Waals surface area contributed by atoms with Gasteiger partial charge in [0.25, 0.3) is 0 Å². The van der Waals surface area contributed by atoms with Crippen LogP contribution in [0.25, 0.3) is 0 Å². The zero-order chi connectivity index (χ0) is 13.7. The number of hydrogen-bond donors (Lipinski definition) is 2. The number of nitrogens with two attached hydrogens (primary N) is 1. The van der Waals surface area contributed by atoms with Crippen LogP contribution >= 0.6 is 0 Å². The molecule has 1 fully saturated rings. The third-order valence-electron chi connectivity index (χ3n) is 4.15. The summed E-state index contributed by atoms with van der Waals surface area (Å²) >= 11 is 0. The van der Waals surface area contributed by atoms with Gasteiger partial charge in [-0.3, -0.25) is 4.79 Å². The largest absolute Gasteiger partial charge is 0.469 e. The topological polar surface area (TPSA) is 64.3 Å². The van der Waals surface area contributed by atoms with Crippen LogP contribution in [0.5, 0.6) is 0 Å². The summed E-state index contributed by atoms with van der Waals surface area (Å²) in [5.41, 5.74) is 7.90. The van der Waals surface area contributed by atoms with Gasteiger partial charge in [-0.2, -0.15) is 0 Å². The summed E-state index contributed by atoms with van der Waals surface area (Å²) in [6, 6.07) is 0. The van der Waals surface area contributed by atoms with E-state index in [9.17, 15) is 4.79 Å². The minimum absolute atomic E-state index is 0.0476.